The minimum Gasteiger partial charge on any atom is -0.308 e. The number of rotatable bonds is 5. The van der Waals surface area contributed by atoms with Gasteiger partial charge in [-0.25, -0.2) is 9.97 Å². The SMILES string of the molecule is CCCc1nc2c(C)ccnc2n1Cc1ccc(-n2c(C#N)cc(Cl)c2C)cc1. The van der Waals surface area contributed by atoms with Crippen LogP contribution in [0.5, 0.6) is 0 Å². The molecule has 4 aromatic rings. The van der Waals surface area contributed by atoms with Crippen LogP contribution in [0.3, 0.4) is 0 Å². The molecular weight excluding hydrogens is 382 g/mol. The Morgan fingerprint density at radius 1 is 1.14 bits per heavy atom. The molecule has 29 heavy (non-hydrogen) atoms. The van der Waals surface area contributed by atoms with Crippen molar-refractivity contribution >= 4 is 22.8 Å². The van der Waals surface area contributed by atoms with Crippen LogP contribution in [-0.2, 0) is 13.0 Å². The van der Waals surface area contributed by atoms with Crippen molar-refractivity contribution < 1.29 is 0 Å². The van der Waals surface area contributed by atoms with Gasteiger partial charge in [-0.05, 0) is 55.7 Å². The molecule has 0 N–H and O–H groups in total. The van der Waals surface area contributed by atoms with E-state index in [1.807, 2.05) is 35.9 Å². The normalized spacial score (nSPS) is 11.1. The molecule has 0 unspecified atom stereocenters. The highest BCUT2D eigenvalue weighted by Crippen LogP contribution is 2.25. The van der Waals surface area contributed by atoms with Gasteiger partial charge in [0.05, 0.1) is 11.6 Å². The summed E-state index contributed by atoms with van der Waals surface area (Å²) < 4.78 is 4.09. The summed E-state index contributed by atoms with van der Waals surface area (Å²) in [7, 11) is 0. The number of fused-ring (bicyclic) bond motifs is 1. The van der Waals surface area contributed by atoms with Gasteiger partial charge in [-0.1, -0.05) is 30.7 Å². The van der Waals surface area contributed by atoms with Crippen molar-refractivity contribution in [3.63, 3.8) is 0 Å². The summed E-state index contributed by atoms with van der Waals surface area (Å²) in [6, 6.07) is 14.1. The van der Waals surface area contributed by atoms with Crippen LogP contribution in [0.1, 0.15) is 41.7 Å². The van der Waals surface area contributed by atoms with E-state index >= 15 is 0 Å². The minimum absolute atomic E-state index is 0.533. The van der Waals surface area contributed by atoms with Crippen molar-refractivity contribution in [3.05, 3.63) is 76.0 Å². The Morgan fingerprint density at radius 3 is 2.59 bits per heavy atom. The van der Waals surface area contributed by atoms with E-state index in [4.69, 9.17) is 16.6 Å². The first-order valence-electron chi connectivity index (χ1n) is 9.71. The third-order valence-electron chi connectivity index (χ3n) is 5.22. The van der Waals surface area contributed by atoms with Crippen LogP contribution >= 0.6 is 11.6 Å². The first kappa shape index (κ1) is 19.2. The number of pyridine rings is 1. The number of aryl methyl sites for hydroxylation is 2. The zero-order valence-corrected chi connectivity index (χ0v) is 17.5. The first-order chi connectivity index (χ1) is 14.0. The summed E-state index contributed by atoms with van der Waals surface area (Å²) in [5.41, 5.74) is 6.52. The van der Waals surface area contributed by atoms with Crippen LogP contribution in [0.2, 0.25) is 5.02 Å². The topological polar surface area (TPSA) is 59.4 Å². The van der Waals surface area contributed by atoms with Crippen molar-refractivity contribution in [3.8, 4) is 11.8 Å². The van der Waals surface area contributed by atoms with Gasteiger partial charge in [-0.2, -0.15) is 5.26 Å². The van der Waals surface area contributed by atoms with E-state index in [2.05, 4.69) is 41.6 Å². The summed E-state index contributed by atoms with van der Waals surface area (Å²) in [6.07, 6.45) is 3.79. The Balaban J connectivity index is 1.71. The number of aromatic nitrogens is 4. The number of halogens is 1. The average Bonchev–Trinajstić information content (AvgIpc) is 3.21. The van der Waals surface area contributed by atoms with Gasteiger partial charge in [0.15, 0.2) is 5.65 Å². The molecule has 0 saturated heterocycles. The first-order valence-corrected chi connectivity index (χ1v) is 10.1. The molecule has 5 nitrogen and oxygen atoms in total. The predicted octanol–water partition coefficient (Wildman–Crippen LogP) is 5.36. The third kappa shape index (κ3) is 3.41. The number of hydrogen-bond donors (Lipinski definition) is 0. The van der Waals surface area contributed by atoms with E-state index in [9.17, 15) is 5.26 Å². The van der Waals surface area contributed by atoms with Gasteiger partial charge in [0.1, 0.15) is 23.1 Å². The number of benzene rings is 1. The molecule has 0 bridgehead atoms. The number of imidazole rings is 1. The van der Waals surface area contributed by atoms with Crippen molar-refractivity contribution in [2.75, 3.05) is 0 Å². The molecular formula is C23H22ClN5. The van der Waals surface area contributed by atoms with E-state index in [-0.39, 0.29) is 0 Å². The van der Waals surface area contributed by atoms with Crippen LogP contribution in [-0.4, -0.2) is 19.1 Å². The van der Waals surface area contributed by atoms with E-state index in [1.54, 1.807) is 6.07 Å². The minimum atomic E-state index is 0.533. The van der Waals surface area contributed by atoms with Gasteiger partial charge in [-0.3, -0.25) is 0 Å². The van der Waals surface area contributed by atoms with E-state index < -0.39 is 0 Å². The Bertz CT molecular complexity index is 1230. The second kappa shape index (κ2) is 7.73. The van der Waals surface area contributed by atoms with E-state index in [0.29, 0.717) is 17.3 Å². The molecule has 0 fully saturated rings. The van der Waals surface area contributed by atoms with E-state index in [0.717, 1.165) is 52.3 Å². The lowest BCUT2D eigenvalue weighted by Crippen LogP contribution is -2.06. The third-order valence-corrected chi connectivity index (χ3v) is 5.61. The predicted molar refractivity (Wildman–Crippen MR) is 116 cm³/mol. The maximum Gasteiger partial charge on any atom is 0.160 e. The van der Waals surface area contributed by atoms with Crippen LogP contribution in [0.25, 0.3) is 16.9 Å². The van der Waals surface area contributed by atoms with Gasteiger partial charge < -0.3 is 9.13 Å². The number of hydrogen-bond acceptors (Lipinski definition) is 3. The molecule has 4 rings (SSSR count). The van der Waals surface area contributed by atoms with E-state index in [1.165, 1.54) is 0 Å². The molecule has 6 heteroatoms. The molecule has 0 radical (unpaired) electrons. The second-order valence-corrected chi connectivity index (χ2v) is 7.65. The fourth-order valence-electron chi connectivity index (χ4n) is 3.69. The summed E-state index contributed by atoms with van der Waals surface area (Å²) in [4.78, 5) is 9.43. The molecule has 3 heterocycles. The summed E-state index contributed by atoms with van der Waals surface area (Å²) in [5.74, 6) is 1.06. The van der Waals surface area contributed by atoms with Gasteiger partial charge in [0.25, 0.3) is 0 Å². The molecule has 0 saturated carbocycles. The standard InChI is InChI=1S/C23H22ClN5/c1-4-5-21-27-22-15(2)10-11-26-23(22)28(21)14-17-6-8-18(9-7-17)29-16(3)20(24)12-19(29)13-25/h6-12H,4-5,14H2,1-3H3. The van der Waals surface area contributed by atoms with Crippen LogP contribution in [0, 0.1) is 25.2 Å². The Kier molecular flexibility index (Phi) is 5.12. The smallest absolute Gasteiger partial charge is 0.160 e. The zero-order valence-electron chi connectivity index (χ0n) is 16.8. The Hall–Kier alpha value is -3.10. The molecule has 0 aliphatic carbocycles. The van der Waals surface area contributed by atoms with Gasteiger partial charge in [0, 0.05) is 24.0 Å². The number of nitriles is 1. The maximum atomic E-state index is 9.40. The molecule has 1 aromatic carbocycles. The Morgan fingerprint density at radius 2 is 1.90 bits per heavy atom. The number of nitrogens with zero attached hydrogens (tertiary/aromatic N) is 5. The highest BCUT2D eigenvalue weighted by Gasteiger charge is 2.14. The van der Waals surface area contributed by atoms with Crippen molar-refractivity contribution in [1.82, 2.24) is 19.1 Å². The fourth-order valence-corrected chi connectivity index (χ4v) is 3.88. The molecule has 0 atom stereocenters. The molecule has 0 aliphatic heterocycles. The summed E-state index contributed by atoms with van der Waals surface area (Å²) >= 11 is 6.22. The second-order valence-electron chi connectivity index (χ2n) is 7.24. The molecule has 146 valence electrons. The average molecular weight is 404 g/mol. The lowest BCUT2D eigenvalue weighted by Gasteiger charge is -2.11. The molecule has 0 amide bonds. The lowest BCUT2D eigenvalue weighted by atomic mass is 10.2. The zero-order chi connectivity index (χ0) is 20.5. The summed E-state index contributed by atoms with van der Waals surface area (Å²) in [5, 5.41) is 10.00. The van der Waals surface area contributed by atoms with Crippen molar-refractivity contribution in [2.24, 2.45) is 0 Å². The monoisotopic (exact) mass is 403 g/mol. The van der Waals surface area contributed by atoms with Crippen molar-refractivity contribution in [2.45, 2.75) is 40.2 Å². The van der Waals surface area contributed by atoms with Gasteiger partial charge in [0.2, 0.25) is 0 Å². The Labute approximate surface area is 175 Å². The fraction of sp³-hybridized carbons (Fsp3) is 0.261. The largest absolute Gasteiger partial charge is 0.308 e. The molecule has 0 spiro atoms. The lowest BCUT2D eigenvalue weighted by molar-refractivity contribution is 0.716. The van der Waals surface area contributed by atoms with Crippen LogP contribution < -0.4 is 0 Å². The quantitative estimate of drug-likeness (QED) is 0.450. The van der Waals surface area contributed by atoms with Crippen LogP contribution in [0.15, 0.2) is 42.6 Å². The highest BCUT2D eigenvalue weighted by molar-refractivity contribution is 6.31. The maximum absolute atomic E-state index is 9.40. The molecule has 3 aromatic heterocycles. The highest BCUT2D eigenvalue weighted by atomic mass is 35.5. The van der Waals surface area contributed by atoms with Crippen molar-refractivity contribution in [1.29, 1.82) is 5.26 Å². The molecule has 0 aliphatic rings. The van der Waals surface area contributed by atoms with Gasteiger partial charge >= 0.3 is 0 Å². The summed E-state index contributed by atoms with van der Waals surface area (Å²) in [6.45, 7) is 6.86. The van der Waals surface area contributed by atoms with Crippen LogP contribution in [0.4, 0.5) is 0 Å². The van der Waals surface area contributed by atoms with Gasteiger partial charge in [-0.15, -0.1) is 0 Å².